The summed E-state index contributed by atoms with van der Waals surface area (Å²) in [7, 11) is 0. The highest BCUT2D eigenvalue weighted by Crippen LogP contribution is 2.43. The minimum atomic E-state index is -0.580. The van der Waals surface area contributed by atoms with Crippen LogP contribution in [0.3, 0.4) is 0 Å². The second-order valence-electron chi connectivity index (χ2n) is 33.8. The van der Waals surface area contributed by atoms with Crippen molar-refractivity contribution in [3.63, 3.8) is 0 Å². The van der Waals surface area contributed by atoms with Crippen molar-refractivity contribution in [3.8, 4) is 0 Å². The maximum atomic E-state index is 13.2. The summed E-state index contributed by atoms with van der Waals surface area (Å²) in [6.45, 7) is 37.7. The first kappa shape index (κ1) is 94.0. The van der Waals surface area contributed by atoms with Crippen LogP contribution in [0.25, 0.3) is 0 Å². The van der Waals surface area contributed by atoms with Gasteiger partial charge in [0.25, 0.3) is 0 Å². The van der Waals surface area contributed by atoms with Crippen molar-refractivity contribution in [1.82, 2.24) is 26.6 Å². The monoisotopic (exact) mass is 1510 g/mol. The van der Waals surface area contributed by atoms with Crippen LogP contribution in [-0.4, -0.2) is 59.7 Å². The summed E-state index contributed by atoms with van der Waals surface area (Å²) in [6, 6.07) is 18.1. The Bertz CT molecular complexity index is 3380. The number of amides is 5. The Kier molecular flexibility index (Phi) is 40.1. The molecule has 10 nitrogen and oxygen atoms in total. The van der Waals surface area contributed by atoms with Crippen LogP contribution in [0, 0.1) is 122 Å². The third-order valence-electron chi connectivity index (χ3n) is 18.8. The van der Waals surface area contributed by atoms with Gasteiger partial charge in [-0.05, 0) is 282 Å². The van der Waals surface area contributed by atoms with E-state index < -0.39 is 58.2 Å². The fourth-order valence-corrected chi connectivity index (χ4v) is 13.1. The van der Waals surface area contributed by atoms with Crippen LogP contribution in [-0.2, 0) is 56.1 Å². The maximum Gasteiger partial charge on any atom is 0.223 e. The SMILES string of the molecule is CC(C)NC(=O)C(CCc1cc(F)cc(F)c1)C(C)(C)C.CC(C)NC(=O)C(CCc1cc(F)cc(F)c1)C(C)C.CC(C)NC(=O)C(CCc1cc(F)cc(F)c1)CC(C)(C)C.CC(C)NC(=O)C(CCc1cc(F)cc(F)c1)CC1CC1C.CC(C)NC(=O)C(CCc1cc(F)cc(F)c1)CC1CCC1. The summed E-state index contributed by atoms with van der Waals surface area (Å²) in [6.07, 6.45) is 12.8. The van der Waals surface area contributed by atoms with E-state index >= 15 is 0 Å². The fourth-order valence-electron chi connectivity index (χ4n) is 13.1. The highest BCUT2D eigenvalue weighted by molar-refractivity contribution is 5.81. The lowest BCUT2D eigenvalue weighted by Gasteiger charge is -2.30. The lowest BCUT2D eigenvalue weighted by molar-refractivity contribution is -0.129. The third-order valence-corrected chi connectivity index (χ3v) is 18.8. The van der Waals surface area contributed by atoms with Gasteiger partial charge in [-0.3, -0.25) is 24.0 Å². The number of carbonyl (C=O) groups excluding carboxylic acids is 5. The van der Waals surface area contributed by atoms with E-state index in [1.54, 1.807) is 0 Å². The average Bonchev–Trinajstić information content (AvgIpc) is 1.78. The smallest absolute Gasteiger partial charge is 0.223 e. The quantitative estimate of drug-likeness (QED) is 0.0281. The Morgan fingerprint density at radius 2 is 0.626 bits per heavy atom. The van der Waals surface area contributed by atoms with Gasteiger partial charge in [0.1, 0.15) is 58.2 Å². The van der Waals surface area contributed by atoms with Gasteiger partial charge in [0.05, 0.1) is 0 Å². The van der Waals surface area contributed by atoms with Crippen molar-refractivity contribution in [2.24, 2.45) is 64.1 Å². The molecule has 2 fully saturated rings. The van der Waals surface area contributed by atoms with Crippen molar-refractivity contribution in [2.75, 3.05) is 0 Å². The zero-order valence-electron chi connectivity index (χ0n) is 67.1. The molecule has 0 heterocycles. The van der Waals surface area contributed by atoms with Crippen LogP contribution in [0.2, 0.25) is 0 Å². The normalized spacial score (nSPS) is 15.6. The molecule has 2 aliphatic carbocycles. The Labute approximate surface area is 633 Å². The second kappa shape index (κ2) is 45.7. The summed E-state index contributed by atoms with van der Waals surface area (Å²) in [5.74, 6) is -4.08. The third kappa shape index (κ3) is 39.6. The van der Waals surface area contributed by atoms with Crippen molar-refractivity contribution in [1.29, 1.82) is 0 Å². The first-order valence-electron chi connectivity index (χ1n) is 38.5. The van der Waals surface area contributed by atoms with Crippen molar-refractivity contribution in [3.05, 3.63) is 177 Å². The van der Waals surface area contributed by atoms with E-state index in [1.165, 1.54) is 86.3 Å². The molecular weight excluding hydrogens is 1380 g/mol. The Morgan fingerprint density at radius 1 is 0.364 bits per heavy atom. The molecule has 2 aliphatic rings. The van der Waals surface area contributed by atoms with Crippen LogP contribution >= 0.6 is 0 Å². The molecule has 0 bridgehead atoms. The Balaban J connectivity index is 0.000000347. The average molecular weight is 1510 g/mol. The molecular formula is C87H125F10N5O5. The molecule has 0 spiro atoms. The first-order valence-corrected chi connectivity index (χ1v) is 38.5. The van der Waals surface area contributed by atoms with E-state index in [0.29, 0.717) is 110 Å². The molecule has 5 amide bonds. The van der Waals surface area contributed by atoms with Crippen molar-refractivity contribution in [2.45, 2.75) is 271 Å². The van der Waals surface area contributed by atoms with E-state index in [1.807, 2.05) is 104 Å². The molecule has 0 saturated heterocycles. The van der Waals surface area contributed by atoms with E-state index in [9.17, 15) is 67.9 Å². The highest BCUT2D eigenvalue weighted by Gasteiger charge is 2.37. The van der Waals surface area contributed by atoms with Crippen LogP contribution < -0.4 is 26.6 Å². The van der Waals surface area contributed by atoms with Crippen LogP contribution in [0.5, 0.6) is 0 Å². The van der Waals surface area contributed by atoms with Crippen molar-refractivity contribution >= 4 is 29.5 Å². The number of carbonyl (C=O) groups is 5. The number of halogens is 10. The summed E-state index contributed by atoms with van der Waals surface area (Å²) in [5, 5.41) is 14.7. The second-order valence-corrected chi connectivity index (χ2v) is 33.8. The van der Waals surface area contributed by atoms with E-state index in [0.717, 1.165) is 49.6 Å². The topological polar surface area (TPSA) is 146 Å². The van der Waals surface area contributed by atoms with Gasteiger partial charge in [0.2, 0.25) is 29.5 Å². The molecule has 7 unspecified atom stereocenters. The van der Waals surface area contributed by atoms with E-state index in [-0.39, 0.29) is 106 Å². The Morgan fingerprint density at radius 3 is 0.888 bits per heavy atom. The highest BCUT2D eigenvalue weighted by atomic mass is 19.2. The van der Waals surface area contributed by atoms with Gasteiger partial charge in [0.15, 0.2) is 0 Å². The van der Waals surface area contributed by atoms with Crippen LogP contribution in [0.4, 0.5) is 43.9 Å². The molecule has 7 atom stereocenters. The summed E-state index contributed by atoms with van der Waals surface area (Å²) in [5.41, 5.74) is 2.81. The molecule has 2 saturated carbocycles. The fraction of sp³-hybridized carbons (Fsp3) is 0.598. The number of nitrogens with one attached hydrogen (secondary N) is 5. The molecule has 0 aromatic heterocycles. The van der Waals surface area contributed by atoms with Gasteiger partial charge >= 0.3 is 0 Å². The predicted molar refractivity (Wildman–Crippen MR) is 409 cm³/mol. The molecule has 5 N–H and O–H groups in total. The number of hydrogen-bond donors (Lipinski definition) is 5. The molecule has 5 aromatic rings. The number of hydrogen-bond acceptors (Lipinski definition) is 5. The van der Waals surface area contributed by atoms with Gasteiger partial charge < -0.3 is 26.6 Å². The van der Waals surface area contributed by atoms with Crippen LogP contribution in [0.1, 0.15) is 236 Å². The lowest BCUT2D eigenvalue weighted by Crippen LogP contribution is -2.41. The zero-order chi connectivity index (χ0) is 80.8. The molecule has 0 radical (unpaired) electrons. The van der Waals surface area contributed by atoms with Gasteiger partial charge in [-0.2, -0.15) is 0 Å². The van der Waals surface area contributed by atoms with Gasteiger partial charge in [-0.25, -0.2) is 43.9 Å². The van der Waals surface area contributed by atoms with Gasteiger partial charge in [0, 0.05) is 90.1 Å². The first-order chi connectivity index (χ1) is 49.7. The molecule has 598 valence electrons. The minimum absolute atomic E-state index is 0.00521. The minimum Gasteiger partial charge on any atom is -0.354 e. The molecule has 5 aromatic carbocycles. The molecule has 20 heteroatoms. The number of rotatable bonds is 31. The van der Waals surface area contributed by atoms with Crippen molar-refractivity contribution < 1.29 is 67.9 Å². The largest absolute Gasteiger partial charge is 0.354 e. The Hall–Kier alpha value is -7.25. The number of aryl methyl sites for hydroxylation is 5. The zero-order valence-corrected chi connectivity index (χ0v) is 67.1. The van der Waals surface area contributed by atoms with Gasteiger partial charge in [-0.15, -0.1) is 0 Å². The summed E-state index contributed by atoms with van der Waals surface area (Å²) >= 11 is 0. The summed E-state index contributed by atoms with van der Waals surface area (Å²) < 4.78 is 132. The maximum absolute atomic E-state index is 13.2. The van der Waals surface area contributed by atoms with E-state index in [2.05, 4.69) is 54.3 Å². The standard InChI is InChI=1S/2C18H25F2NO.C18H27F2NO.C17H25F2NO.C16H23F2NO/c1-11(2)21-18(22)14(9-15-6-12(15)3)5-4-13-7-16(19)10-17(20)8-13;1-12(2)21-18(22)15(8-13-4-3-5-13)7-6-14-9-16(19)11-17(20)10-14;1-12(2)21-17(22)14(11-18(3,4)5)7-6-13-8-15(19)10-16(20)9-13;1-11(2)20-16(21)15(17(3,4)5)7-6-12-8-13(18)10-14(19)9-12;1-10(2)15(16(20)19-11(3)4)6-5-12-7-13(17)9-14(18)8-12/h7-8,10-12,14-15H,4-6,9H2,1-3H3,(H,21,22);9-13,15H,3-8H2,1-2H3,(H,21,22);8-10,12,14H,6-7,11H2,1-5H3,(H,21,22);8-11,15H,6-7H2,1-5H3,(H,20,21);7-11,15H,5-6H2,1-4H3,(H,19,20). The summed E-state index contributed by atoms with van der Waals surface area (Å²) in [4.78, 5) is 61.4. The molecule has 107 heavy (non-hydrogen) atoms. The van der Waals surface area contributed by atoms with E-state index in [4.69, 9.17) is 0 Å². The van der Waals surface area contributed by atoms with Gasteiger partial charge in [-0.1, -0.05) is 81.6 Å². The molecule has 0 aliphatic heterocycles. The van der Waals surface area contributed by atoms with Crippen LogP contribution in [0.15, 0.2) is 91.0 Å². The number of benzene rings is 5. The predicted octanol–water partition coefficient (Wildman–Crippen LogP) is 20.6. The molecule has 7 rings (SSSR count). The lowest BCUT2D eigenvalue weighted by atomic mass is 9.77.